The normalized spacial score (nSPS) is 16.5. The van der Waals surface area contributed by atoms with Gasteiger partial charge in [-0.15, -0.1) is 0 Å². The van der Waals surface area contributed by atoms with Crippen molar-refractivity contribution in [3.8, 4) is 23.0 Å². The van der Waals surface area contributed by atoms with Crippen LogP contribution in [0.4, 0.5) is 0 Å². The quantitative estimate of drug-likeness (QED) is 0.670. The number of aromatic nitrogens is 1. The predicted octanol–water partition coefficient (Wildman–Crippen LogP) is 3.11. The number of hydrogen-bond donors (Lipinski definition) is 1. The number of rotatable bonds is 6. The van der Waals surface area contributed by atoms with Crippen LogP contribution >= 0.6 is 0 Å². The van der Waals surface area contributed by atoms with E-state index in [0.717, 1.165) is 18.6 Å². The fourth-order valence-corrected chi connectivity index (χ4v) is 3.41. The van der Waals surface area contributed by atoms with Crippen LogP contribution in [0.15, 0.2) is 53.1 Å². The smallest absolute Gasteiger partial charge is 0.273 e. The highest BCUT2D eigenvalue weighted by molar-refractivity contribution is 5.91. The molecule has 5 rings (SSSR count). The first kappa shape index (κ1) is 18.4. The molecule has 1 atom stereocenters. The number of benzene rings is 2. The van der Waals surface area contributed by atoms with E-state index in [1.807, 2.05) is 18.2 Å². The van der Waals surface area contributed by atoms with Gasteiger partial charge < -0.3 is 28.7 Å². The third kappa shape index (κ3) is 3.89. The van der Waals surface area contributed by atoms with Gasteiger partial charge in [-0.1, -0.05) is 18.2 Å². The summed E-state index contributed by atoms with van der Waals surface area (Å²) in [5, 5.41) is 2.86. The summed E-state index contributed by atoms with van der Waals surface area (Å²) in [6, 6.07) is 13.2. The molecule has 2 aliphatic heterocycles. The monoisotopic (exact) mass is 408 g/mol. The number of amides is 1. The summed E-state index contributed by atoms with van der Waals surface area (Å²) in [6.07, 6.45) is 3.04. The van der Waals surface area contributed by atoms with Crippen molar-refractivity contribution in [3.63, 3.8) is 0 Å². The number of fused-ring (bicyclic) bond motifs is 2. The molecule has 0 spiro atoms. The van der Waals surface area contributed by atoms with Gasteiger partial charge in [0.25, 0.3) is 5.91 Å². The van der Waals surface area contributed by atoms with Crippen molar-refractivity contribution >= 4 is 5.91 Å². The molecule has 0 saturated heterocycles. The molecular formula is C22H20N2O6. The van der Waals surface area contributed by atoms with Gasteiger partial charge in [0.05, 0.1) is 6.54 Å². The maximum absolute atomic E-state index is 12.4. The molecule has 1 N–H and O–H groups in total. The Balaban J connectivity index is 1.12. The van der Waals surface area contributed by atoms with Crippen LogP contribution < -0.4 is 24.3 Å². The Kier molecular flexibility index (Phi) is 4.88. The lowest BCUT2D eigenvalue weighted by Gasteiger charge is -2.26. The van der Waals surface area contributed by atoms with Crippen molar-refractivity contribution in [1.82, 2.24) is 10.3 Å². The molecule has 0 bridgehead atoms. The second kappa shape index (κ2) is 7.98. The molecule has 2 aromatic carbocycles. The fraction of sp³-hybridized carbons (Fsp3) is 0.273. The number of hydrogen-bond acceptors (Lipinski definition) is 7. The largest absolute Gasteiger partial charge is 0.488 e. The van der Waals surface area contributed by atoms with Gasteiger partial charge in [-0.05, 0) is 36.6 Å². The fourth-order valence-electron chi connectivity index (χ4n) is 3.41. The second-order valence-electron chi connectivity index (χ2n) is 7.03. The van der Waals surface area contributed by atoms with Crippen molar-refractivity contribution in [3.05, 3.63) is 65.9 Å². The molecule has 8 heteroatoms. The molecule has 0 radical (unpaired) electrons. The number of aryl methyl sites for hydroxylation is 1. The van der Waals surface area contributed by atoms with E-state index in [0.29, 0.717) is 29.7 Å². The van der Waals surface area contributed by atoms with Gasteiger partial charge in [0.2, 0.25) is 12.7 Å². The molecule has 3 aromatic rings. The van der Waals surface area contributed by atoms with Crippen LogP contribution in [0.2, 0.25) is 0 Å². The molecule has 0 aliphatic carbocycles. The average Bonchev–Trinajstić information content (AvgIpc) is 3.45. The second-order valence-corrected chi connectivity index (χ2v) is 7.03. The Labute approximate surface area is 172 Å². The summed E-state index contributed by atoms with van der Waals surface area (Å²) in [5.41, 5.74) is 1.40. The molecule has 3 heterocycles. The highest BCUT2D eigenvalue weighted by atomic mass is 16.7. The minimum Gasteiger partial charge on any atom is -0.488 e. The van der Waals surface area contributed by atoms with E-state index in [1.54, 1.807) is 18.2 Å². The molecule has 1 aromatic heterocycles. The SMILES string of the molecule is O=C(NC[C@H]1CCc2ccccc2O1)c1coc(COc2ccc3c(c2)OCO3)n1. The summed E-state index contributed by atoms with van der Waals surface area (Å²) < 4.78 is 27.5. The number of carbonyl (C=O) groups excluding carboxylic acids is 1. The maximum atomic E-state index is 12.4. The van der Waals surface area contributed by atoms with Gasteiger partial charge in [-0.25, -0.2) is 4.98 Å². The van der Waals surface area contributed by atoms with Crippen LogP contribution in [-0.2, 0) is 13.0 Å². The lowest BCUT2D eigenvalue weighted by molar-refractivity contribution is 0.0913. The zero-order chi connectivity index (χ0) is 20.3. The average molecular weight is 408 g/mol. The Morgan fingerprint density at radius 3 is 3.00 bits per heavy atom. The molecule has 154 valence electrons. The topological polar surface area (TPSA) is 92.1 Å². The molecule has 30 heavy (non-hydrogen) atoms. The van der Waals surface area contributed by atoms with Gasteiger partial charge in [0.1, 0.15) is 23.9 Å². The minimum absolute atomic E-state index is 0.0652. The van der Waals surface area contributed by atoms with E-state index in [9.17, 15) is 4.79 Å². The Morgan fingerprint density at radius 1 is 1.13 bits per heavy atom. The zero-order valence-corrected chi connectivity index (χ0v) is 16.1. The van der Waals surface area contributed by atoms with Crippen LogP contribution in [0.25, 0.3) is 0 Å². The van der Waals surface area contributed by atoms with Crippen molar-refractivity contribution in [2.24, 2.45) is 0 Å². The molecule has 0 unspecified atom stereocenters. The van der Waals surface area contributed by atoms with E-state index in [2.05, 4.69) is 16.4 Å². The van der Waals surface area contributed by atoms with Crippen LogP contribution in [0.1, 0.15) is 28.4 Å². The molecule has 2 aliphatic rings. The number of para-hydroxylation sites is 1. The van der Waals surface area contributed by atoms with Gasteiger partial charge in [0, 0.05) is 6.07 Å². The first-order valence-electron chi connectivity index (χ1n) is 9.74. The van der Waals surface area contributed by atoms with Gasteiger partial charge in [-0.2, -0.15) is 0 Å². The van der Waals surface area contributed by atoms with E-state index >= 15 is 0 Å². The summed E-state index contributed by atoms with van der Waals surface area (Å²) >= 11 is 0. The van der Waals surface area contributed by atoms with Crippen molar-refractivity contribution < 1.29 is 28.2 Å². The lowest BCUT2D eigenvalue weighted by atomic mass is 10.0. The summed E-state index contributed by atoms with van der Waals surface area (Å²) in [4.78, 5) is 16.6. The zero-order valence-electron chi connectivity index (χ0n) is 16.1. The summed E-state index contributed by atoms with van der Waals surface area (Å²) in [5.74, 6) is 2.79. The van der Waals surface area contributed by atoms with Crippen LogP contribution in [0, 0.1) is 0 Å². The molecule has 0 fully saturated rings. The van der Waals surface area contributed by atoms with Gasteiger partial charge in [-0.3, -0.25) is 4.79 Å². The van der Waals surface area contributed by atoms with Gasteiger partial charge in [0.15, 0.2) is 23.8 Å². The standard InChI is InChI=1S/C22H20N2O6/c25-22(23-10-16-6-5-14-3-1-2-4-18(14)30-16)17-11-27-21(24-17)12-26-15-7-8-19-20(9-15)29-13-28-19/h1-4,7-9,11,16H,5-6,10,12-13H2,(H,23,25)/t16-/m1/s1. The summed E-state index contributed by atoms with van der Waals surface area (Å²) in [7, 11) is 0. The van der Waals surface area contributed by atoms with Crippen LogP contribution in [0.5, 0.6) is 23.0 Å². The number of nitrogens with zero attached hydrogens (tertiary/aromatic N) is 1. The molecule has 1 amide bonds. The van der Waals surface area contributed by atoms with Gasteiger partial charge >= 0.3 is 0 Å². The number of nitrogens with one attached hydrogen (secondary N) is 1. The van der Waals surface area contributed by atoms with Crippen LogP contribution in [-0.4, -0.2) is 30.3 Å². The lowest BCUT2D eigenvalue weighted by Crippen LogP contribution is -2.37. The maximum Gasteiger partial charge on any atom is 0.273 e. The minimum atomic E-state index is -0.310. The molecule has 8 nitrogen and oxygen atoms in total. The predicted molar refractivity (Wildman–Crippen MR) is 105 cm³/mol. The first-order chi connectivity index (χ1) is 14.7. The molecule has 0 saturated carbocycles. The van der Waals surface area contributed by atoms with Crippen molar-refractivity contribution in [2.75, 3.05) is 13.3 Å². The van der Waals surface area contributed by atoms with Crippen molar-refractivity contribution in [2.45, 2.75) is 25.6 Å². The molecular weight excluding hydrogens is 388 g/mol. The van der Waals surface area contributed by atoms with E-state index < -0.39 is 0 Å². The highest BCUT2D eigenvalue weighted by Crippen LogP contribution is 2.35. The van der Waals surface area contributed by atoms with E-state index in [1.165, 1.54) is 11.8 Å². The Morgan fingerprint density at radius 2 is 2.03 bits per heavy atom. The van der Waals surface area contributed by atoms with E-state index in [4.69, 9.17) is 23.4 Å². The number of carbonyl (C=O) groups is 1. The first-order valence-corrected chi connectivity index (χ1v) is 9.74. The van der Waals surface area contributed by atoms with E-state index in [-0.39, 0.29) is 31.1 Å². The van der Waals surface area contributed by atoms with Crippen molar-refractivity contribution in [1.29, 1.82) is 0 Å². The number of ether oxygens (including phenoxy) is 4. The Hall–Kier alpha value is -3.68. The van der Waals surface area contributed by atoms with Crippen LogP contribution in [0.3, 0.4) is 0 Å². The number of oxazole rings is 1. The third-order valence-electron chi connectivity index (χ3n) is 4.98. The third-order valence-corrected chi connectivity index (χ3v) is 4.98. The Bertz CT molecular complexity index is 1060. The highest BCUT2D eigenvalue weighted by Gasteiger charge is 2.21. The summed E-state index contributed by atoms with van der Waals surface area (Å²) in [6.45, 7) is 0.702.